The van der Waals surface area contributed by atoms with E-state index in [4.69, 9.17) is 9.47 Å². The molecule has 1 saturated carbocycles. The van der Waals surface area contributed by atoms with E-state index in [0.29, 0.717) is 19.1 Å². The first-order valence-corrected chi connectivity index (χ1v) is 6.06. The standard InChI is InChI=1S/C12H23NO3/c1-4-8-16-9-7-12(2,11(14)15-3)13-10-5-6-10/h10,13H,4-9H2,1-3H3. The maximum atomic E-state index is 11.7. The fourth-order valence-corrected chi connectivity index (χ4v) is 1.66. The van der Waals surface area contributed by atoms with E-state index in [2.05, 4.69) is 12.2 Å². The Labute approximate surface area is 97.7 Å². The second kappa shape index (κ2) is 6.21. The lowest BCUT2D eigenvalue weighted by Crippen LogP contribution is -2.52. The van der Waals surface area contributed by atoms with Crippen molar-refractivity contribution in [1.29, 1.82) is 0 Å². The van der Waals surface area contributed by atoms with Gasteiger partial charge in [-0.3, -0.25) is 10.1 Å². The molecule has 1 aliphatic rings. The Morgan fingerprint density at radius 2 is 2.12 bits per heavy atom. The van der Waals surface area contributed by atoms with Crippen LogP contribution >= 0.6 is 0 Å². The highest BCUT2D eigenvalue weighted by Gasteiger charge is 2.38. The van der Waals surface area contributed by atoms with Crippen LogP contribution in [0.2, 0.25) is 0 Å². The summed E-state index contributed by atoms with van der Waals surface area (Å²) in [6.07, 6.45) is 3.98. The Kier molecular flexibility index (Phi) is 5.22. The first-order valence-electron chi connectivity index (χ1n) is 6.06. The lowest BCUT2D eigenvalue weighted by molar-refractivity contribution is -0.148. The Morgan fingerprint density at radius 3 is 2.62 bits per heavy atom. The van der Waals surface area contributed by atoms with Crippen molar-refractivity contribution >= 4 is 5.97 Å². The number of carbonyl (C=O) groups excluding carboxylic acids is 1. The Bertz CT molecular complexity index is 228. The van der Waals surface area contributed by atoms with Gasteiger partial charge in [0.15, 0.2) is 0 Å². The van der Waals surface area contributed by atoms with E-state index >= 15 is 0 Å². The van der Waals surface area contributed by atoms with Crippen molar-refractivity contribution in [3.05, 3.63) is 0 Å². The molecule has 1 rings (SSSR count). The number of hydrogen-bond acceptors (Lipinski definition) is 4. The van der Waals surface area contributed by atoms with E-state index in [1.54, 1.807) is 0 Å². The molecule has 0 aromatic carbocycles. The molecule has 0 aliphatic heterocycles. The van der Waals surface area contributed by atoms with Gasteiger partial charge in [0.2, 0.25) is 0 Å². The minimum absolute atomic E-state index is 0.195. The summed E-state index contributed by atoms with van der Waals surface area (Å²) in [7, 11) is 1.43. The quantitative estimate of drug-likeness (QED) is 0.506. The molecular weight excluding hydrogens is 206 g/mol. The number of nitrogens with one attached hydrogen (secondary N) is 1. The van der Waals surface area contributed by atoms with Crippen LogP contribution in [0.3, 0.4) is 0 Å². The second-order valence-corrected chi connectivity index (χ2v) is 4.60. The molecule has 0 spiro atoms. The summed E-state index contributed by atoms with van der Waals surface area (Å²) < 4.78 is 10.3. The SMILES string of the molecule is CCCOCCC(C)(NC1CC1)C(=O)OC. The van der Waals surface area contributed by atoms with Gasteiger partial charge < -0.3 is 9.47 Å². The van der Waals surface area contributed by atoms with Gasteiger partial charge in [0.05, 0.1) is 7.11 Å². The summed E-state index contributed by atoms with van der Waals surface area (Å²) in [5.74, 6) is -0.195. The Morgan fingerprint density at radius 1 is 1.44 bits per heavy atom. The molecule has 1 fully saturated rings. The van der Waals surface area contributed by atoms with Crippen LogP contribution in [0.4, 0.5) is 0 Å². The molecule has 1 aliphatic carbocycles. The number of hydrogen-bond donors (Lipinski definition) is 1. The van der Waals surface area contributed by atoms with E-state index in [-0.39, 0.29) is 5.97 Å². The molecule has 0 saturated heterocycles. The molecule has 4 heteroatoms. The molecular formula is C12H23NO3. The molecule has 0 amide bonds. The van der Waals surface area contributed by atoms with Crippen LogP contribution in [0, 0.1) is 0 Å². The zero-order chi connectivity index (χ0) is 12.0. The van der Waals surface area contributed by atoms with Crippen molar-refractivity contribution in [2.45, 2.75) is 51.1 Å². The average Bonchev–Trinajstić information content (AvgIpc) is 3.07. The fourth-order valence-electron chi connectivity index (χ4n) is 1.66. The topological polar surface area (TPSA) is 47.6 Å². The van der Waals surface area contributed by atoms with Gasteiger partial charge in [-0.15, -0.1) is 0 Å². The number of methoxy groups -OCH3 is 1. The first kappa shape index (κ1) is 13.5. The highest BCUT2D eigenvalue weighted by molar-refractivity contribution is 5.80. The van der Waals surface area contributed by atoms with E-state index in [1.807, 2.05) is 6.92 Å². The Balaban J connectivity index is 2.38. The van der Waals surface area contributed by atoms with Crippen molar-refractivity contribution in [1.82, 2.24) is 5.32 Å². The maximum absolute atomic E-state index is 11.7. The van der Waals surface area contributed by atoms with Crippen LogP contribution in [0.15, 0.2) is 0 Å². The van der Waals surface area contributed by atoms with E-state index in [0.717, 1.165) is 25.9 Å². The molecule has 0 aromatic heterocycles. The van der Waals surface area contributed by atoms with E-state index in [1.165, 1.54) is 7.11 Å². The highest BCUT2D eigenvalue weighted by atomic mass is 16.5. The number of carbonyl (C=O) groups is 1. The maximum Gasteiger partial charge on any atom is 0.325 e. The molecule has 1 N–H and O–H groups in total. The smallest absolute Gasteiger partial charge is 0.325 e. The number of rotatable bonds is 8. The van der Waals surface area contributed by atoms with Gasteiger partial charge in [0.25, 0.3) is 0 Å². The minimum atomic E-state index is -0.594. The van der Waals surface area contributed by atoms with Gasteiger partial charge >= 0.3 is 5.97 Å². The van der Waals surface area contributed by atoms with Crippen LogP contribution < -0.4 is 5.32 Å². The van der Waals surface area contributed by atoms with Crippen molar-refractivity contribution < 1.29 is 14.3 Å². The van der Waals surface area contributed by atoms with Crippen molar-refractivity contribution in [2.75, 3.05) is 20.3 Å². The largest absolute Gasteiger partial charge is 0.468 e. The third-order valence-electron chi connectivity index (χ3n) is 2.83. The number of esters is 1. The second-order valence-electron chi connectivity index (χ2n) is 4.60. The Hall–Kier alpha value is -0.610. The first-order chi connectivity index (χ1) is 7.62. The van der Waals surface area contributed by atoms with Crippen LogP contribution in [-0.4, -0.2) is 37.9 Å². The lowest BCUT2D eigenvalue weighted by Gasteiger charge is -2.28. The van der Waals surface area contributed by atoms with Gasteiger partial charge in [-0.05, 0) is 32.6 Å². The molecule has 0 heterocycles. The molecule has 1 atom stereocenters. The molecule has 16 heavy (non-hydrogen) atoms. The third kappa shape index (κ3) is 4.10. The van der Waals surface area contributed by atoms with Crippen molar-refractivity contribution in [3.63, 3.8) is 0 Å². The predicted octanol–water partition coefficient (Wildman–Crippen LogP) is 1.49. The van der Waals surface area contributed by atoms with Gasteiger partial charge in [-0.2, -0.15) is 0 Å². The zero-order valence-electron chi connectivity index (χ0n) is 10.5. The summed E-state index contributed by atoms with van der Waals surface area (Å²) in [6.45, 7) is 5.31. The van der Waals surface area contributed by atoms with Crippen molar-refractivity contribution in [2.24, 2.45) is 0 Å². The lowest BCUT2D eigenvalue weighted by atomic mass is 9.98. The summed E-state index contributed by atoms with van der Waals surface area (Å²) in [4.78, 5) is 11.7. The summed E-state index contributed by atoms with van der Waals surface area (Å²) in [5.41, 5.74) is -0.594. The van der Waals surface area contributed by atoms with Gasteiger partial charge in [-0.25, -0.2) is 0 Å². The summed E-state index contributed by atoms with van der Waals surface area (Å²) in [5, 5.41) is 3.34. The monoisotopic (exact) mass is 229 g/mol. The minimum Gasteiger partial charge on any atom is -0.468 e. The molecule has 0 bridgehead atoms. The molecule has 0 aromatic rings. The van der Waals surface area contributed by atoms with Crippen LogP contribution in [0.1, 0.15) is 39.5 Å². The van der Waals surface area contributed by atoms with E-state index < -0.39 is 5.54 Å². The average molecular weight is 229 g/mol. The van der Waals surface area contributed by atoms with Crippen LogP contribution in [-0.2, 0) is 14.3 Å². The molecule has 4 nitrogen and oxygen atoms in total. The third-order valence-corrected chi connectivity index (χ3v) is 2.83. The summed E-state index contributed by atoms with van der Waals surface area (Å²) in [6, 6.07) is 0.482. The van der Waals surface area contributed by atoms with Crippen LogP contribution in [0.25, 0.3) is 0 Å². The normalized spacial score (nSPS) is 19.2. The van der Waals surface area contributed by atoms with Crippen molar-refractivity contribution in [3.8, 4) is 0 Å². The summed E-state index contributed by atoms with van der Waals surface area (Å²) >= 11 is 0. The molecule has 1 unspecified atom stereocenters. The molecule has 94 valence electrons. The van der Waals surface area contributed by atoms with E-state index in [9.17, 15) is 4.79 Å². The fraction of sp³-hybridized carbons (Fsp3) is 0.917. The number of ether oxygens (including phenoxy) is 2. The van der Waals surface area contributed by atoms with Gasteiger partial charge in [0.1, 0.15) is 5.54 Å². The highest BCUT2D eigenvalue weighted by Crippen LogP contribution is 2.24. The predicted molar refractivity (Wildman–Crippen MR) is 62.3 cm³/mol. The van der Waals surface area contributed by atoms with Gasteiger partial charge in [-0.1, -0.05) is 6.92 Å². The zero-order valence-corrected chi connectivity index (χ0v) is 10.5. The van der Waals surface area contributed by atoms with Gasteiger partial charge in [0, 0.05) is 19.3 Å². The molecule has 0 radical (unpaired) electrons. The van der Waals surface area contributed by atoms with Crippen LogP contribution in [0.5, 0.6) is 0 Å².